The minimum Gasteiger partial charge on any atom is -0.153 e. The van der Waals surface area contributed by atoms with Crippen molar-refractivity contribution in [3.05, 3.63) is 0 Å². The Morgan fingerprint density at radius 3 is 0.156 bits per heavy atom. The van der Waals surface area contributed by atoms with Crippen molar-refractivity contribution in [2.45, 2.75) is 186 Å². The van der Waals surface area contributed by atoms with Gasteiger partial charge in [0, 0.05) is 63.2 Å². The molecule has 3 unspecified atom stereocenters. The Labute approximate surface area is 276 Å². The van der Waals surface area contributed by atoms with E-state index in [2.05, 4.69) is 0 Å². The van der Waals surface area contributed by atoms with Crippen LogP contribution in [0.4, 0.5) is 0 Å². The van der Waals surface area contributed by atoms with Gasteiger partial charge in [-0.1, -0.05) is 186 Å². The van der Waals surface area contributed by atoms with Crippen LogP contribution in [0.5, 0.6) is 0 Å². The zero-order valence-electron chi connectivity index (χ0n) is 17.3. The summed E-state index contributed by atoms with van der Waals surface area (Å²) in [5.74, 6) is 0. The van der Waals surface area contributed by atoms with E-state index >= 15 is 0 Å². The molecule has 0 fully saturated rings. The zero-order chi connectivity index (χ0) is 14.0. The van der Waals surface area contributed by atoms with Crippen LogP contribution in [0.25, 0.3) is 0 Å². The van der Waals surface area contributed by atoms with E-state index in [4.69, 9.17) is 0 Å². The molecular formula is C26H99P3W3. The summed E-state index contributed by atoms with van der Waals surface area (Å²) >= 11 is 0. The van der Waals surface area contributed by atoms with Crippen LogP contribution in [-0.2, 0) is 63.2 Å². The molecule has 0 amide bonds. The van der Waals surface area contributed by atoms with E-state index in [0.717, 1.165) is 0 Å². The standard InChI is InChI=1S/7C2H6.12CH4.3H3P.3W/c7*1-2;;;;;;;;;;;;;;;;;;/h7*1-2H3;12*1H4;3*1H3;;;. The van der Waals surface area contributed by atoms with E-state index in [1.54, 1.807) is 0 Å². The maximum absolute atomic E-state index is 2.00. The molecule has 0 bridgehead atoms. The van der Waals surface area contributed by atoms with Crippen LogP contribution in [-0.4, -0.2) is 0 Å². The van der Waals surface area contributed by atoms with Gasteiger partial charge in [-0.3, -0.25) is 0 Å². The van der Waals surface area contributed by atoms with Gasteiger partial charge >= 0.3 is 0 Å². The quantitative estimate of drug-likeness (QED) is 0.212. The van der Waals surface area contributed by atoms with Gasteiger partial charge in [0.15, 0.2) is 0 Å². The van der Waals surface area contributed by atoms with Gasteiger partial charge in [-0.15, -0.1) is 0 Å². The van der Waals surface area contributed by atoms with Gasteiger partial charge in [0.05, 0.1) is 0 Å². The molecule has 0 saturated carbocycles. The molecule has 0 aromatic heterocycles. The molecule has 0 radical (unpaired) electrons. The fraction of sp³-hybridized carbons (Fsp3) is 1.00. The van der Waals surface area contributed by atoms with Crippen molar-refractivity contribution in [3.8, 4) is 0 Å². The molecule has 6 heteroatoms. The molecule has 32 heavy (non-hydrogen) atoms. The average molecular weight is 1060 g/mol. The van der Waals surface area contributed by atoms with Crippen LogP contribution < -0.4 is 0 Å². The second kappa shape index (κ2) is 3400. The van der Waals surface area contributed by atoms with Crippen molar-refractivity contribution in [3.63, 3.8) is 0 Å². The van der Waals surface area contributed by atoms with Gasteiger partial charge in [-0.05, 0) is 0 Å². The van der Waals surface area contributed by atoms with Gasteiger partial charge in [0.1, 0.15) is 0 Å². The molecule has 236 valence electrons. The van der Waals surface area contributed by atoms with Crippen LogP contribution in [0.1, 0.15) is 186 Å². The molecule has 0 aromatic carbocycles. The van der Waals surface area contributed by atoms with E-state index < -0.39 is 0 Å². The van der Waals surface area contributed by atoms with Crippen molar-refractivity contribution < 1.29 is 63.2 Å². The Hall–Kier alpha value is 3.35. The topological polar surface area (TPSA) is 0 Å². The average Bonchev–Trinajstić information content (AvgIpc) is 2.45. The minimum absolute atomic E-state index is 0. The van der Waals surface area contributed by atoms with Crippen LogP contribution in [0.2, 0.25) is 0 Å². The molecule has 0 aliphatic carbocycles. The summed E-state index contributed by atoms with van der Waals surface area (Å²) in [6, 6.07) is 0. The van der Waals surface area contributed by atoms with Crippen molar-refractivity contribution in [1.82, 2.24) is 0 Å². The van der Waals surface area contributed by atoms with Gasteiger partial charge in [-0.25, -0.2) is 0 Å². The van der Waals surface area contributed by atoms with Gasteiger partial charge < -0.3 is 0 Å². The van der Waals surface area contributed by atoms with Gasteiger partial charge in [0.2, 0.25) is 0 Å². The fourth-order valence-electron chi connectivity index (χ4n) is 0. The van der Waals surface area contributed by atoms with Crippen LogP contribution in [0.15, 0.2) is 0 Å². The molecule has 0 aliphatic rings. The predicted molar refractivity (Wildman–Crippen MR) is 194 cm³/mol. The Bertz CT molecular complexity index is 28.3. The minimum atomic E-state index is 0. The normalized spacial score (nSPS) is 1.31. The summed E-state index contributed by atoms with van der Waals surface area (Å²) in [6.07, 6.45) is 0. The maximum atomic E-state index is 2.00. The van der Waals surface area contributed by atoms with Crippen LogP contribution in [0, 0.1) is 0 Å². The SMILES string of the molecule is C.C.C.C.C.C.C.C.C.C.C.C.CC.CC.CC.CC.CC.CC.CC.P.P.P.[W].[W].[W]. The van der Waals surface area contributed by atoms with Crippen molar-refractivity contribution in [1.29, 1.82) is 0 Å². The number of hydrogen-bond acceptors (Lipinski definition) is 0. The molecule has 0 saturated heterocycles. The summed E-state index contributed by atoms with van der Waals surface area (Å²) in [5, 5.41) is 0. The third-order valence-corrected chi connectivity index (χ3v) is 0. The smallest absolute Gasteiger partial charge is 0 e. The second-order valence-electron chi connectivity index (χ2n) is 0. The molecule has 3 atom stereocenters. The molecular weight excluding hydrogens is 957 g/mol. The van der Waals surface area contributed by atoms with Gasteiger partial charge in [-0.2, -0.15) is 29.7 Å². The largest absolute Gasteiger partial charge is 0.153 e. The molecule has 0 rings (SSSR count). The Morgan fingerprint density at radius 2 is 0.156 bits per heavy atom. The Morgan fingerprint density at radius 1 is 0.156 bits per heavy atom. The zero-order valence-corrected chi connectivity index (χ0v) is 30.4. The summed E-state index contributed by atoms with van der Waals surface area (Å²) in [5.41, 5.74) is 0. The molecule has 0 aliphatic heterocycles. The van der Waals surface area contributed by atoms with E-state index in [0.29, 0.717) is 0 Å². The summed E-state index contributed by atoms with van der Waals surface area (Å²) in [4.78, 5) is 0. The second-order valence-corrected chi connectivity index (χ2v) is 0. The van der Waals surface area contributed by atoms with E-state index in [-0.39, 0.29) is 182 Å². The van der Waals surface area contributed by atoms with E-state index in [9.17, 15) is 0 Å². The van der Waals surface area contributed by atoms with E-state index in [1.807, 2.05) is 96.9 Å². The first-order chi connectivity index (χ1) is 7.00. The first kappa shape index (κ1) is 389. The van der Waals surface area contributed by atoms with Crippen molar-refractivity contribution in [2.75, 3.05) is 0 Å². The summed E-state index contributed by atoms with van der Waals surface area (Å²) < 4.78 is 0. The maximum Gasteiger partial charge on any atom is 0 e. The Balaban J connectivity index is -0.000000000710. The number of hydrogen-bond donors (Lipinski definition) is 0. The first-order valence-electron chi connectivity index (χ1n) is 7.00. The van der Waals surface area contributed by atoms with Crippen molar-refractivity contribution >= 4 is 29.7 Å². The Kier molecular flexibility index (Phi) is 41300. The van der Waals surface area contributed by atoms with Crippen LogP contribution in [0.3, 0.4) is 0 Å². The molecule has 0 N–H and O–H groups in total. The first-order valence-corrected chi connectivity index (χ1v) is 7.00. The third kappa shape index (κ3) is 3100. The number of rotatable bonds is 0. The summed E-state index contributed by atoms with van der Waals surface area (Å²) in [6.45, 7) is 28.0. The molecule has 0 spiro atoms. The molecule has 0 nitrogen and oxygen atoms in total. The van der Waals surface area contributed by atoms with Gasteiger partial charge in [0.25, 0.3) is 0 Å². The fourth-order valence-corrected chi connectivity index (χ4v) is 0. The molecule has 0 aromatic rings. The monoisotopic (exact) mass is 1060 g/mol. The van der Waals surface area contributed by atoms with Crippen molar-refractivity contribution in [2.24, 2.45) is 0 Å². The summed E-state index contributed by atoms with van der Waals surface area (Å²) in [7, 11) is 0. The molecule has 0 heterocycles. The van der Waals surface area contributed by atoms with Crippen LogP contribution >= 0.6 is 29.7 Å². The van der Waals surface area contributed by atoms with E-state index in [1.165, 1.54) is 0 Å². The third-order valence-electron chi connectivity index (χ3n) is 0. The predicted octanol–water partition coefficient (Wildman–Crippen LogP) is 15.0.